The molecule has 20 heavy (non-hydrogen) atoms. The molecule has 0 atom stereocenters. The first kappa shape index (κ1) is 15.3. The first-order valence-corrected chi connectivity index (χ1v) is 8.44. The van der Waals surface area contributed by atoms with Crippen molar-refractivity contribution >= 4 is 18.5 Å². The maximum atomic E-state index is 11.4. The average molecular weight is 296 g/mol. The molecule has 5 heteroatoms. The van der Waals surface area contributed by atoms with Gasteiger partial charge in [0.05, 0.1) is 5.30 Å². The average Bonchev–Trinajstić information content (AvgIpc) is 2.34. The molecule has 0 spiro atoms. The molecule has 0 unspecified atom stereocenters. The summed E-state index contributed by atoms with van der Waals surface area (Å²) in [7, 11) is -4.24. The van der Waals surface area contributed by atoms with Gasteiger partial charge >= 0.3 is 7.60 Å². The fraction of sp³-hybridized carbons (Fsp3) is 0.467. The van der Waals surface area contributed by atoms with Gasteiger partial charge in [0.15, 0.2) is 0 Å². The van der Waals surface area contributed by atoms with E-state index in [1.807, 2.05) is 13.8 Å². The summed E-state index contributed by atoms with van der Waals surface area (Å²) in [6, 6.07) is 4.67. The summed E-state index contributed by atoms with van der Waals surface area (Å²) in [5.41, 5.74) is 2.76. The highest BCUT2D eigenvalue weighted by Crippen LogP contribution is 2.44. The van der Waals surface area contributed by atoms with E-state index in [9.17, 15) is 14.4 Å². The molecule has 0 aromatic heterocycles. The molecule has 1 aliphatic heterocycles. The summed E-state index contributed by atoms with van der Waals surface area (Å²) < 4.78 is 17.4. The van der Waals surface area contributed by atoms with Crippen molar-refractivity contribution in [3.05, 3.63) is 29.3 Å². The van der Waals surface area contributed by atoms with E-state index in [0.717, 1.165) is 24.0 Å². The van der Waals surface area contributed by atoms with Gasteiger partial charge in [-0.1, -0.05) is 13.8 Å². The second kappa shape index (κ2) is 5.03. The number of allylic oxidation sites excluding steroid dienone is 1. The van der Waals surface area contributed by atoms with Crippen LogP contribution in [0.15, 0.2) is 23.8 Å². The van der Waals surface area contributed by atoms with Crippen LogP contribution < -0.4 is 10.0 Å². The molecule has 0 bridgehead atoms. The molecule has 0 saturated heterocycles. The number of rotatable bonds is 3. The smallest absolute Gasteiger partial charge is 0.356 e. The van der Waals surface area contributed by atoms with Crippen LogP contribution in [-0.2, 0) is 4.57 Å². The lowest BCUT2D eigenvalue weighted by Crippen LogP contribution is -2.34. The highest BCUT2D eigenvalue weighted by molar-refractivity contribution is 7.60. The summed E-state index contributed by atoms with van der Waals surface area (Å²) in [4.78, 5) is 18.7. The molecular formula is C15H21O4P. The van der Waals surface area contributed by atoms with Crippen LogP contribution in [0.1, 0.15) is 46.1 Å². The van der Waals surface area contributed by atoms with Crippen LogP contribution in [0.5, 0.6) is 5.75 Å². The van der Waals surface area contributed by atoms with Crippen molar-refractivity contribution in [1.82, 2.24) is 0 Å². The summed E-state index contributed by atoms with van der Waals surface area (Å²) in [5, 5.41) is 0.0426. The van der Waals surface area contributed by atoms with E-state index >= 15 is 0 Å². The topological polar surface area (TPSA) is 66.8 Å². The first-order chi connectivity index (χ1) is 9.20. The van der Waals surface area contributed by atoms with Gasteiger partial charge in [-0.3, -0.25) is 4.57 Å². The van der Waals surface area contributed by atoms with Crippen LogP contribution in [0.25, 0.3) is 5.57 Å². The van der Waals surface area contributed by atoms with Crippen LogP contribution in [-0.4, -0.2) is 15.4 Å². The van der Waals surface area contributed by atoms with E-state index in [-0.39, 0.29) is 10.9 Å². The van der Waals surface area contributed by atoms with Crippen LogP contribution in [0.4, 0.5) is 0 Å². The fourth-order valence-corrected chi connectivity index (χ4v) is 3.50. The van der Waals surface area contributed by atoms with Crippen molar-refractivity contribution in [2.45, 2.75) is 46.1 Å². The summed E-state index contributed by atoms with van der Waals surface area (Å²) >= 11 is 0. The molecule has 2 rings (SSSR count). The van der Waals surface area contributed by atoms with Gasteiger partial charge in [-0.05, 0) is 56.0 Å². The van der Waals surface area contributed by atoms with Crippen molar-refractivity contribution in [3.8, 4) is 5.75 Å². The molecule has 1 aromatic carbocycles. The Kier molecular flexibility index (Phi) is 3.85. The Bertz CT molecular complexity index is 610. The predicted octanol–water partition coefficient (Wildman–Crippen LogP) is 3.23. The Morgan fingerprint density at radius 2 is 1.85 bits per heavy atom. The second-order valence-corrected chi connectivity index (χ2v) is 7.11. The van der Waals surface area contributed by atoms with Gasteiger partial charge in [-0.2, -0.15) is 0 Å². The number of fused-ring (bicyclic) bond motifs is 1. The minimum absolute atomic E-state index is 0.0426. The molecule has 0 radical (unpaired) electrons. The van der Waals surface area contributed by atoms with Crippen LogP contribution in [0, 0.1) is 0 Å². The Hall–Kier alpha value is -1.09. The quantitative estimate of drug-likeness (QED) is 0.840. The third-order valence-corrected chi connectivity index (χ3v) is 4.74. The van der Waals surface area contributed by atoms with Crippen molar-refractivity contribution in [3.63, 3.8) is 0 Å². The molecule has 1 aliphatic rings. The normalized spacial score (nSPS) is 17.7. The minimum Gasteiger partial charge on any atom is -0.483 e. The highest BCUT2D eigenvalue weighted by Gasteiger charge is 2.34. The number of benzene rings is 1. The number of hydrogen-bond acceptors (Lipinski definition) is 2. The van der Waals surface area contributed by atoms with Gasteiger partial charge in [-0.25, -0.2) is 0 Å². The largest absolute Gasteiger partial charge is 0.483 e. The zero-order valence-corrected chi connectivity index (χ0v) is 13.2. The minimum atomic E-state index is -4.24. The molecule has 0 saturated carbocycles. The van der Waals surface area contributed by atoms with E-state index in [1.54, 1.807) is 12.1 Å². The van der Waals surface area contributed by atoms with Gasteiger partial charge in [0.2, 0.25) is 0 Å². The van der Waals surface area contributed by atoms with E-state index in [2.05, 4.69) is 13.8 Å². The summed E-state index contributed by atoms with van der Waals surface area (Å²) in [6.45, 7) is 8.19. The zero-order chi connectivity index (χ0) is 15.1. The number of hydrogen-bond donors (Lipinski definition) is 2. The maximum Gasteiger partial charge on any atom is 0.356 e. The van der Waals surface area contributed by atoms with Crippen molar-refractivity contribution in [1.29, 1.82) is 0 Å². The van der Waals surface area contributed by atoms with Gasteiger partial charge in [0.1, 0.15) is 11.4 Å². The Morgan fingerprint density at radius 1 is 1.20 bits per heavy atom. The Morgan fingerprint density at radius 3 is 2.35 bits per heavy atom. The third-order valence-electron chi connectivity index (χ3n) is 3.79. The molecule has 110 valence electrons. The maximum absolute atomic E-state index is 11.4. The summed E-state index contributed by atoms with van der Waals surface area (Å²) in [6.07, 6.45) is 1.67. The summed E-state index contributed by atoms with van der Waals surface area (Å²) in [5.74, 6) is 0.696. The fourth-order valence-electron chi connectivity index (χ4n) is 2.93. The van der Waals surface area contributed by atoms with E-state index in [0.29, 0.717) is 5.75 Å². The Balaban J connectivity index is 2.69. The van der Waals surface area contributed by atoms with Gasteiger partial charge in [0, 0.05) is 5.56 Å². The lowest BCUT2D eigenvalue weighted by molar-refractivity contribution is 0.140. The second-order valence-electron chi connectivity index (χ2n) is 5.50. The zero-order valence-electron chi connectivity index (χ0n) is 12.3. The predicted molar refractivity (Wildman–Crippen MR) is 80.3 cm³/mol. The molecule has 4 nitrogen and oxygen atoms in total. The first-order valence-electron chi connectivity index (χ1n) is 6.82. The Labute approximate surface area is 119 Å². The van der Waals surface area contributed by atoms with Crippen LogP contribution in [0.3, 0.4) is 0 Å². The molecule has 1 heterocycles. The molecule has 0 aliphatic carbocycles. The third kappa shape index (κ3) is 2.56. The molecule has 1 aromatic rings. The van der Waals surface area contributed by atoms with E-state index in [4.69, 9.17) is 4.74 Å². The molecule has 0 fully saturated rings. The lowest BCUT2D eigenvalue weighted by atomic mass is 9.83. The molecular weight excluding hydrogens is 275 g/mol. The SMILES string of the molecule is CCC1=C(CC)C(C)(C)Oc2ccc(P(=O)(O)O)cc21. The van der Waals surface area contributed by atoms with Crippen molar-refractivity contribution in [2.24, 2.45) is 0 Å². The van der Waals surface area contributed by atoms with Gasteiger partial charge in [0.25, 0.3) is 0 Å². The van der Waals surface area contributed by atoms with Gasteiger partial charge in [-0.15, -0.1) is 0 Å². The standard InChI is InChI=1S/C15H21O4P/c1-5-11-12-9-10(20(16,17)18)7-8-14(12)19-15(3,4)13(11)6-2/h7-9H,5-6H2,1-4H3,(H2,16,17,18). The molecule has 2 N–H and O–H groups in total. The van der Waals surface area contributed by atoms with Crippen LogP contribution >= 0.6 is 7.60 Å². The monoisotopic (exact) mass is 296 g/mol. The van der Waals surface area contributed by atoms with E-state index in [1.165, 1.54) is 11.6 Å². The van der Waals surface area contributed by atoms with Crippen LogP contribution in [0.2, 0.25) is 0 Å². The lowest BCUT2D eigenvalue weighted by Gasteiger charge is -2.37. The van der Waals surface area contributed by atoms with Gasteiger partial charge < -0.3 is 14.5 Å². The molecule has 0 amide bonds. The highest BCUT2D eigenvalue weighted by atomic mass is 31.2. The van der Waals surface area contributed by atoms with Crippen molar-refractivity contribution in [2.75, 3.05) is 0 Å². The van der Waals surface area contributed by atoms with E-state index < -0.39 is 7.60 Å². The number of ether oxygens (including phenoxy) is 1. The van der Waals surface area contributed by atoms with Crippen molar-refractivity contribution < 1.29 is 19.1 Å².